The van der Waals surface area contributed by atoms with Gasteiger partial charge < -0.3 is 15.6 Å². The fraction of sp³-hybridized carbons (Fsp3) is 0.700. The lowest BCUT2D eigenvalue weighted by Crippen LogP contribution is -2.27. The molecule has 3 N–H and O–H groups in total. The van der Waals surface area contributed by atoms with E-state index in [1.807, 2.05) is 13.8 Å². The number of nitrogens with zero attached hydrogens (tertiary/aromatic N) is 2. The van der Waals surface area contributed by atoms with Crippen molar-refractivity contribution in [2.75, 3.05) is 7.11 Å². The monoisotopic (exact) mass is 213 g/mol. The second-order valence-electron chi connectivity index (χ2n) is 3.65. The summed E-state index contributed by atoms with van der Waals surface area (Å²) in [5, 5.41) is 14.2. The highest BCUT2D eigenvalue weighted by Crippen LogP contribution is 2.29. The quantitative estimate of drug-likeness (QED) is 0.764. The van der Waals surface area contributed by atoms with Crippen molar-refractivity contribution in [2.24, 2.45) is 12.8 Å². The van der Waals surface area contributed by atoms with Crippen LogP contribution >= 0.6 is 0 Å². The number of aryl methyl sites for hydroxylation is 2. The molecule has 86 valence electrons. The van der Waals surface area contributed by atoms with E-state index in [4.69, 9.17) is 10.5 Å². The van der Waals surface area contributed by atoms with Crippen molar-refractivity contribution in [1.82, 2.24) is 9.78 Å². The number of aliphatic hydroxyl groups excluding tert-OH is 1. The molecular weight excluding hydrogens is 194 g/mol. The zero-order chi connectivity index (χ0) is 11.6. The van der Waals surface area contributed by atoms with Crippen LogP contribution in [0.4, 0.5) is 0 Å². The molecule has 0 saturated carbocycles. The number of hydrogen-bond acceptors (Lipinski definition) is 4. The second-order valence-corrected chi connectivity index (χ2v) is 3.65. The second kappa shape index (κ2) is 4.63. The SMILES string of the molecule is CCC(N)C(O)c1c(C)nn(C)c1OC. The summed E-state index contributed by atoms with van der Waals surface area (Å²) in [4.78, 5) is 0. The van der Waals surface area contributed by atoms with Gasteiger partial charge in [-0.3, -0.25) is 0 Å². The molecule has 0 aliphatic heterocycles. The van der Waals surface area contributed by atoms with E-state index < -0.39 is 6.10 Å². The Kier molecular flexibility index (Phi) is 3.71. The van der Waals surface area contributed by atoms with Crippen molar-refractivity contribution in [3.63, 3.8) is 0 Å². The minimum atomic E-state index is -0.723. The van der Waals surface area contributed by atoms with Gasteiger partial charge in [-0.2, -0.15) is 5.10 Å². The molecule has 1 aromatic rings. The molecular formula is C10H19N3O2. The third-order valence-corrected chi connectivity index (χ3v) is 2.58. The highest BCUT2D eigenvalue weighted by atomic mass is 16.5. The fourth-order valence-electron chi connectivity index (χ4n) is 1.67. The summed E-state index contributed by atoms with van der Waals surface area (Å²) in [6, 6.07) is -0.290. The molecule has 5 nitrogen and oxygen atoms in total. The Bertz CT molecular complexity index is 336. The largest absolute Gasteiger partial charge is 0.481 e. The minimum Gasteiger partial charge on any atom is -0.481 e. The van der Waals surface area contributed by atoms with E-state index in [9.17, 15) is 5.11 Å². The van der Waals surface area contributed by atoms with Crippen LogP contribution in [-0.2, 0) is 7.05 Å². The van der Waals surface area contributed by atoms with Gasteiger partial charge in [0, 0.05) is 13.1 Å². The molecule has 1 rings (SSSR count). The Hall–Kier alpha value is -1.07. The summed E-state index contributed by atoms with van der Waals surface area (Å²) in [6.45, 7) is 3.77. The molecule has 0 aliphatic rings. The topological polar surface area (TPSA) is 73.3 Å². The summed E-state index contributed by atoms with van der Waals surface area (Å²) in [5.74, 6) is 0.573. The van der Waals surface area contributed by atoms with Crippen molar-refractivity contribution >= 4 is 0 Å². The van der Waals surface area contributed by atoms with Gasteiger partial charge >= 0.3 is 0 Å². The third-order valence-electron chi connectivity index (χ3n) is 2.58. The predicted octanol–water partition coefficient (Wildman–Crippen LogP) is 0.508. The Labute approximate surface area is 89.8 Å². The lowest BCUT2D eigenvalue weighted by Gasteiger charge is -2.17. The molecule has 2 atom stereocenters. The molecule has 5 heteroatoms. The first-order valence-corrected chi connectivity index (χ1v) is 5.04. The molecule has 1 aromatic heterocycles. The van der Waals surface area contributed by atoms with Crippen LogP contribution in [0.3, 0.4) is 0 Å². The normalized spacial score (nSPS) is 15.1. The van der Waals surface area contributed by atoms with Crippen molar-refractivity contribution in [1.29, 1.82) is 0 Å². The number of methoxy groups -OCH3 is 1. The Morgan fingerprint density at radius 3 is 2.67 bits per heavy atom. The Balaban J connectivity index is 3.11. The summed E-state index contributed by atoms with van der Waals surface area (Å²) in [6.07, 6.45) is -0.0165. The molecule has 0 fully saturated rings. The smallest absolute Gasteiger partial charge is 0.217 e. The van der Waals surface area contributed by atoms with Gasteiger partial charge in [-0.05, 0) is 13.3 Å². The zero-order valence-electron chi connectivity index (χ0n) is 9.69. The van der Waals surface area contributed by atoms with Gasteiger partial charge in [0.1, 0.15) is 6.10 Å². The Morgan fingerprint density at radius 2 is 2.20 bits per heavy atom. The average molecular weight is 213 g/mol. The molecule has 15 heavy (non-hydrogen) atoms. The number of rotatable bonds is 4. The highest BCUT2D eigenvalue weighted by molar-refractivity contribution is 5.34. The lowest BCUT2D eigenvalue weighted by atomic mass is 10.0. The number of hydrogen-bond donors (Lipinski definition) is 2. The molecule has 0 radical (unpaired) electrons. The average Bonchev–Trinajstić information content (AvgIpc) is 2.50. The van der Waals surface area contributed by atoms with Gasteiger partial charge in [0.25, 0.3) is 0 Å². The summed E-state index contributed by atoms with van der Waals surface area (Å²) in [7, 11) is 3.34. The van der Waals surface area contributed by atoms with E-state index in [0.717, 1.165) is 5.69 Å². The Morgan fingerprint density at radius 1 is 1.60 bits per heavy atom. The van der Waals surface area contributed by atoms with Crippen LogP contribution in [0, 0.1) is 6.92 Å². The zero-order valence-corrected chi connectivity index (χ0v) is 9.69. The summed E-state index contributed by atoms with van der Waals surface area (Å²) in [5.41, 5.74) is 7.25. The fourth-order valence-corrected chi connectivity index (χ4v) is 1.67. The first-order chi connectivity index (χ1) is 7.02. The maximum absolute atomic E-state index is 10.0. The molecule has 0 aromatic carbocycles. The van der Waals surface area contributed by atoms with E-state index >= 15 is 0 Å². The maximum atomic E-state index is 10.0. The van der Waals surface area contributed by atoms with E-state index in [2.05, 4.69) is 5.10 Å². The van der Waals surface area contributed by atoms with E-state index in [0.29, 0.717) is 17.9 Å². The van der Waals surface area contributed by atoms with Crippen LogP contribution in [-0.4, -0.2) is 28.0 Å². The summed E-state index contributed by atoms with van der Waals surface area (Å²) < 4.78 is 6.81. The number of aromatic nitrogens is 2. The standard InChI is InChI=1S/C10H19N3O2/c1-5-7(11)9(14)8-6(2)12-13(3)10(8)15-4/h7,9,14H,5,11H2,1-4H3. The molecule has 0 saturated heterocycles. The molecule has 2 unspecified atom stereocenters. The molecule has 0 bridgehead atoms. The van der Waals surface area contributed by atoms with Crippen LogP contribution < -0.4 is 10.5 Å². The lowest BCUT2D eigenvalue weighted by molar-refractivity contribution is 0.139. The first-order valence-electron chi connectivity index (χ1n) is 5.04. The molecule has 1 heterocycles. The maximum Gasteiger partial charge on any atom is 0.217 e. The van der Waals surface area contributed by atoms with Gasteiger partial charge in [0.2, 0.25) is 5.88 Å². The van der Waals surface area contributed by atoms with Crippen molar-refractivity contribution in [3.05, 3.63) is 11.3 Å². The first kappa shape index (κ1) is 12.0. The van der Waals surface area contributed by atoms with Gasteiger partial charge in [0.05, 0.1) is 18.4 Å². The number of nitrogens with two attached hydrogens (primary N) is 1. The molecule has 0 spiro atoms. The summed E-state index contributed by atoms with van der Waals surface area (Å²) >= 11 is 0. The molecule has 0 aliphatic carbocycles. The number of ether oxygens (including phenoxy) is 1. The van der Waals surface area contributed by atoms with Gasteiger partial charge in [-0.1, -0.05) is 6.92 Å². The van der Waals surface area contributed by atoms with Crippen molar-refractivity contribution in [3.8, 4) is 5.88 Å². The van der Waals surface area contributed by atoms with E-state index in [1.165, 1.54) is 0 Å². The van der Waals surface area contributed by atoms with Crippen LogP contribution in [0.15, 0.2) is 0 Å². The number of aliphatic hydroxyl groups is 1. The van der Waals surface area contributed by atoms with Crippen molar-refractivity contribution < 1.29 is 9.84 Å². The van der Waals surface area contributed by atoms with Gasteiger partial charge in [-0.25, -0.2) is 4.68 Å². The van der Waals surface area contributed by atoms with Crippen LogP contribution in [0.1, 0.15) is 30.7 Å². The van der Waals surface area contributed by atoms with E-state index in [1.54, 1.807) is 18.8 Å². The van der Waals surface area contributed by atoms with Crippen LogP contribution in [0.25, 0.3) is 0 Å². The molecule has 0 amide bonds. The minimum absolute atomic E-state index is 0.290. The van der Waals surface area contributed by atoms with Crippen LogP contribution in [0.5, 0.6) is 5.88 Å². The highest BCUT2D eigenvalue weighted by Gasteiger charge is 2.25. The predicted molar refractivity (Wildman–Crippen MR) is 57.7 cm³/mol. The van der Waals surface area contributed by atoms with E-state index in [-0.39, 0.29) is 6.04 Å². The third kappa shape index (κ3) is 2.13. The van der Waals surface area contributed by atoms with Crippen molar-refractivity contribution in [2.45, 2.75) is 32.4 Å². The van der Waals surface area contributed by atoms with Gasteiger partial charge in [-0.15, -0.1) is 0 Å². The van der Waals surface area contributed by atoms with Gasteiger partial charge in [0.15, 0.2) is 0 Å². The van der Waals surface area contributed by atoms with Crippen LogP contribution in [0.2, 0.25) is 0 Å².